The van der Waals surface area contributed by atoms with Crippen LogP contribution < -0.4 is 5.32 Å². The molecule has 160 valence electrons. The van der Waals surface area contributed by atoms with Gasteiger partial charge in [-0.2, -0.15) is 0 Å². The van der Waals surface area contributed by atoms with Crippen LogP contribution in [-0.2, 0) is 18.0 Å². The van der Waals surface area contributed by atoms with Crippen molar-refractivity contribution in [2.45, 2.75) is 13.2 Å². The van der Waals surface area contributed by atoms with Crippen molar-refractivity contribution in [3.8, 4) is 0 Å². The highest BCUT2D eigenvalue weighted by molar-refractivity contribution is 7.71. The SMILES string of the molecule is O=C(CN1CCN(Cn2nc3sc4ccccc4n3c2=S)CC1)NCc1ccccc1. The number of nitrogens with zero attached hydrogens (tertiary/aromatic N) is 5. The van der Waals surface area contributed by atoms with Gasteiger partial charge in [-0.1, -0.05) is 53.8 Å². The summed E-state index contributed by atoms with van der Waals surface area (Å²) in [5.74, 6) is 0.0701. The Morgan fingerprint density at radius 1 is 1.00 bits per heavy atom. The number of rotatable bonds is 6. The molecule has 1 amide bonds. The van der Waals surface area contributed by atoms with Gasteiger partial charge in [0.05, 0.1) is 23.4 Å². The fraction of sp³-hybridized carbons (Fsp3) is 0.318. The number of carbonyl (C=O) groups is 1. The third-order valence-corrected chi connectivity index (χ3v) is 7.02. The van der Waals surface area contributed by atoms with Gasteiger partial charge in [-0.15, -0.1) is 5.10 Å². The second-order valence-electron chi connectivity index (χ2n) is 7.77. The van der Waals surface area contributed by atoms with E-state index in [1.807, 2.05) is 47.1 Å². The van der Waals surface area contributed by atoms with E-state index >= 15 is 0 Å². The Morgan fingerprint density at radius 3 is 2.52 bits per heavy atom. The first-order valence-corrected chi connectivity index (χ1v) is 11.6. The van der Waals surface area contributed by atoms with Crippen LogP contribution in [0.25, 0.3) is 15.2 Å². The quantitative estimate of drug-likeness (QED) is 0.456. The minimum atomic E-state index is 0.0701. The average molecular weight is 453 g/mol. The highest BCUT2D eigenvalue weighted by Crippen LogP contribution is 2.25. The van der Waals surface area contributed by atoms with Gasteiger partial charge in [0.1, 0.15) is 0 Å². The first-order chi connectivity index (χ1) is 15.2. The average Bonchev–Trinajstić information content (AvgIpc) is 3.30. The van der Waals surface area contributed by atoms with Crippen molar-refractivity contribution < 1.29 is 4.79 Å². The Labute approximate surface area is 189 Å². The van der Waals surface area contributed by atoms with Crippen LogP contribution in [0.15, 0.2) is 54.6 Å². The Balaban J connectivity index is 1.14. The van der Waals surface area contributed by atoms with Gasteiger partial charge in [-0.25, -0.2) is 4.68 Å². The number of piperazine rings is 1. The summed E-state index contributed by atoms with van der Waals surface area (Å²) in [7, 11) is 0. The maximum absolute atomic E-state index is 12.3. The number of benzene rings is 2. The summed E-state index contributed by atoms with van der Waals surface area (Å²) in [6.45, 7) is 5.18. The van der Waals surface area contributed by atoms with Gasteiger partial charge in [-0.05, 0) is 29.9 Å². The molecule has 2 aromatic heterocycles. The van der Waals surface area contributed by atoms with Crippen LogP contribution in [0.4, 0.5) is 0 Å². The summed E-state index contributed by atoms with van der Waals surface area (Å²) in [6.07, 6.45) is 0. The molecule has 0 aliphatic carbocycles. The van der Waals surface area contributed by atoms with Crippen molar-refractivity contribution in [2.24, 2.45) is 0 Å². The Morgan fingerprint density at radius 2 is 1.71 bits per heavy atom. The molecular weight excluding hydrogens is 428 g/mol. The molecule has 3 heterocycles. The van der Waals surface area contributed by atoms with Crippen LogP contribution in [0.2, 0.25) is 0 Å². The maximum atomic E-state index is 12.3. The van der Waals surface area contributed by atoms with Gasteiger partial charge in [0.2, 0.25) is 15.6 Å². The first-order valence-electron chi connectivity index (χ1n) is 10.4. The zero-order valence-electron chi connectivity index (χ0n) is 17.1. The second kappa shape index (κ2) is 8.88. The molecule has 1 aliphatic heterocycles. The number of para-hydroxylation sites is 1. The van der Waals surface area contributed by atoms with Crippen LogP contribution in [0, 0.1) is 4.77 Å². The summed E-state index contributed by atoms with van der Waals surface area (Å²) >= 11 is 7.37. The fourth-order valence-corrected chi connectivity index (χ4v) is 5.28. The third kappa shape index (κ3) is 4.40. The smallest absolute Gasteiger partial charge is 0.234 e. The minimum absolute atomic E-state index is 0.0701. The van der Waals surface area contributed by atoms with Crippen LogP contribution >= 0.6 is 23.6 Å². The molecule has 0 spiro atoms. The van der Waals surface area contributed by atoms with Gasteiger partial charge in [0.25, 0.3) is 0 Å². The first kappa shape index (κ1) is 20.3. The van der Waals surface area contributed by atoms with Gasteiger partial charge in [0.15, 0.2) is 0 Å². The number of carbonyl (C=O) groups excluding carboxylic acids is 1. The number of thiazole rings is 1. The number of amides is 1. The number of aromatic nitrogens is 3. The molecule has 1 fully saturated rings. The van der Waals surface area contributed by atoms with E-state index in [0.717, 1.165) is 47.0 Å². The predicted octanol–water partition coefficient (Wildman–Crippen LogP) is 2.97. The van der Waals surface area contributed by atoms with E-state index in [-0.39, 0.29) is 5.91 Å². The van der Waals surface area contributed by atoms with E-state index in [4.69, 9.17) is 17.3 Å². The molecule has 0 unspecified atom stereocenters. The summed E-state index contributed by atoms with van der Waals surface area (Å²) in [5.41, 5.74) is 2.23. The van der Waals surface area contributed by atoms with Gasteiger partial charge < -0.3 is 5.32 Å². The van der Waals surface area contributed by atoms with Crippen molar-refractivity contribution in [3.63, 3.8) is 0 Å². The number of fused-ring (bicyclic) bond motifs is 3. The van der Waals surface area contributed by atoms with Gasteiger partial charge in [-0.3, -0.25) is 19.0 Å². The molecule has 0 radical (unpaired) electrons. The van der Waals surface area contributed by atoms with Crippen molar-refractivity contribution in [3.05, 3.63) is 64.9 Å². The Kier molecular flexibility index (Phi) is 5.82. The monoisotopic (exact) mass is 452 g/mol. The number of hydrogen-bond acceptors (Lipinski definition) is 6. The molecule has 1 N–H and O–H groups in total. The number of hydrogen-bond donors (Lipinski definition) is 1. The van der Waals surface area contributed by atoms with Crippen LogP contribution in [0.5, 0.6) is 0 Å². The van der Waals surface area contributed by atoms with Crippen LogP contribution in [0.3, 0.4) is 0 Å². The summed E-state index contributed by atoms with van der Waals surface area (Å²) < 4.78 is 5.90. The standard InChI is InChI=1S/C22H24N6OS2/c29-20(23-14-17-6-2-1-3-7-17)15-25-10-12-26(13-11-25)16-27-22(30)28-18-8-4-5-9-19(18)31-21(28)24-27/h1-9H,10-16H2,(H,23,29). The lowest BCUT2D eigenvalue weighted by Crippen LogP contribution is -2.49. The molecule has 7 nitrogen and oxygen atoms in total. The van der Waals surface area contributed by atoms with Crippen LogP contribution in [0.1, 0.15) is 5.56 Å². The van der Waals surface area contributed by atoms with E-state index in [2.05, 4.69) is 31.7 Å². The molecule has 0 atom stereocenters. The summed E-state index contributed by atoms with van der Waals surface area (Å²) in [4.78, 5) is 17.8. The van der Waals surface area contributed by atoms with Crippen molar-refractivity contribution in [1.82, 2.24) is 29.3 Å². The highest BCUT2D eigenvalue weighted by atomic mass is 32.1. The molecule has 1 saturated heterocycles. The predicted molar refractivity (Wildman–Crippen MR) is 126 cm³/mol. The zero-order valence-corrected chi connectivity index (χ0v) is 18.7. The molecule has 1 aliphatic rings. The maximum Gasteiger partial charge on any atom is 0.234 e. The second-order valence-corrected chi connectivity index (χ2v) is 9.14. The van der Waals surface area contributed by atoms with E-state index in [0.29, 0.717) is 19.8 Å². The molecule has 4 aromatic rings. The zero-order chi connectivity index (χ0) is 21.2. The normalized spacial score (nSPS) is 15.6. The van der Waals surface area contributed by atoms with E-state index in [9.17, 15) is 4.79 Å². The summed E-state index contributed by atoms with van der Waals surface area (Å²) in [6, 6.07) is 18.2. The number of nitrogens with one attached hydrogen (secondary N) is 1. The van der Waals surface area contributed by atoms with Crippen molar-refractivity contribution in [2.75, 3.05) is 32.7 Å². The van der Waals surface area contributed by atoms with Crippen molar-refractivity contribution >= 4 is 44.6 Å². The molecule has 0 bridgehead atoms. The molecule has 0 saturated carbocycles. The molecular formula is C22H24N6OS2. The van der Waals surface area contributed by atoms with Crippen molar-refractivity contribution in [1.29, 1.82) is 0 Å². The van der Waals surface area contributed by atoms with E-state index < -0.39 is 0 Å². The fourth-order valence-electron chi connectivity index (χ4n) is 3.91. The lowest BCUT2D eigenvalue weighted by Gasteiger charge is -2.33. The van der Waals surface area contributed by atoms with E-state index in [1.165, 1.54) is 4.70 Å². The highest BCUT2D eigenvalue weighted by Gasteiger charge is 2.20. The molecule has 2 aromatic carbocycles. The minimum Gasteiger partial charge on any atom is -0.351 e. The molecule has 31 heavy (non-hydrogen) atoms. The Bertz CT molecular complexity index is 1250. The van der Waals surface area contributed by atoms with E-state index in [1.54, 1.807) is 11.3 Å². The lowest BCUT2D eigenvalue weighted by atomic mass is 10.2. The van der Waals surface area contributed by atoms with Gasteiger partial charge in [0, 0.05) is 32.7 Å². The topological polar surface area (TPSA) is 57.8 Å². The third-order valence-electron chi connectivity index (χ3n) is 5.62. The van der Waals surface area contributed by atoms with Gasteiger partial charge >= 0.3 is 0 Å². The largest absolute Gasteiger partial charge is 0.351 e. The molecule has 9 heteroatoms. The lowest BCUT2D eigenvalue weighted by molar-refractivity contribution is -0.122. The van der Waals surface area contributed by atoms with Crippen LogP contribution in [-0.4, -0.2) is 62.6 Å². The Hall–Kier alpha value is -2.59. The molecule has 5 rings (SSSR count). The summed E-state index contributed by atoms with van der Waals surface area (Å²) in [5, 5.41) is 7.75.